The summed E-state index contributed by atoms with van der Waals surface area (Å²) in [6.07, 6.45) is 0. The number of rotatable bonds is 7. The maximum absolute atomic E-state index is 12.6. The Kier molecular flexibility index (Phi) is 6.70. The van der Waals surface area contributed by atoms with Gasteiger partial charge in [0.15, 0.2) is 0 Å². The van der Waals surface area contributed by atoms with Gasteiger partial charge < -0.3 is 0 Å². The number of benzene rings is 3. The lowest BCUT2D eigenvalue weighted by Crippen LogP contribution is -2.43. The molecule has 150 valence electrons. The predicted molar refractivity (Wildman–Crippen MR) is 124 cm³/mol. The molecule has 3 aromatic carbocycles. The van der Waals surface area contributed by atoms with Crippen molar-refractivity contribution in [3.8, 4) is 0 Å². The van der Waals surface area contributed by atoms with Crippen molar-refractivity contribution < 1.29 is 4.92 Å². The van der Waals surface area contributed by atoms with Gasteiger partial charge in [0.25, 0.3) is 5.37 Å². The summed E-state index contributed by atoms with van der Waals surface area (Å²) in [5.41, 5.74) is 1.88. The van der Waals surface area contributed by atoms with E-state index < -0.39 is 10.1 Å². The zero-order valence-electron chi connectivity index (χ0n) is 16.8. The smallest absolute Gasteiger partial charge is 0.263 e. The van der Waals surface area contributed by atoms with Crippen LogP contribution < -0.4 is 0 Å². The van der Waals surface area contributed by atoms with E-state index in [1.807, 2.05) is 91.0 Å². The monoisotopic (exact) mass is 423 g/mol. The van der Waals surface area contributed by atoms with Gasteiger partial charge in [0.1, 0.15) is 4.75 Å². The van der Waals surface area contributed by atoms with E-state index in [0.717, 1.165) is 16.0 Å². The highest BCUT2D eigenvalue weighted by atomic mass is 32.2. The molecule has 3 aromatic rings. The number of thioether (sulfide) groups is 2. The van der Waals surface area contributed by atoms with Gasteiger partial charge >= 0.3 is 0 Å². The molecule has 1 unspecified atom stereocenters. The van der Waals surface area contributed by atoms with Crippen LogP contribution in [-0.4, -0.2) is 15.0 Å². The van der Waals surface area contributed by atoms with E-state index in [9.17, 15) is 10.1 Å². The summed E-state index contributed by atoms with van der Waals surface area (Å²) in [6.45, 7) is 6.34. The molecule has 0 aliphatic carbocycles. The third-order valence-electron chi connectivity index (χ3n) is 4.40. The Morgan fingerprint density at radius 3 is 1.55 bits per heavy atom. The van der Waals surface area contributed by atoms with Gasteiger partial charge in [0.2, 0.25) is 0 Å². The fourth-order valence-corrected chi connectivity index (χ4v) is 6.42. The topological polar surface area (TPSA) is 43.1 Å². The molecule has 0 saturated carbocycles. The first kappa shape index (κ1) is 21.5. The van der Waals surface area contributed by atoms with Crippen molar-refractivity contribution in [2.45, 2.75) is 40.5 Å². The van der Waals surface area contributed by atoms with E-state index in [-0.39, 0.29) is 9.67 Å². The Labute approximate surface area is 181 Å². The van der Waals surface area contributed by atoms with Gasteiger partial charge in [0, 0.05) is 14.6 Å². The van der Waals surface area contributed by atoms with Crippen LogP contribution in [0, 0.1) is 10.1 Å². The highest BCUT2D eigenvalue weighted by Crippen LogP contribution is 2.55. The van der Waals surface area contributed by atoms with Crippen LogP contribution in [-0.2, 0) is 4.75 Å². The maximum atomic E-state index is 12.6. The van der Waals surface area contributed by atoms with E-state index in [4.69, 9.17) is 0 Å². The van der Waals surface area contributed by atoms with Gasteiger partial charge in [-0.1, -0.05) is 99.6 Å². The quantitative estimate of drug-likeness (QED) is 0.180. The molecule has 1 atom stereocenters. The van der Waals surface area contributed by atoms with E-state index in [1.54, 1.807) is 11.8 Å². The third-order valence-corrected chi connectivity index (χ3v) is 7.47. The lowest BCUT2D eigenvalue weighted by molar-refractivity contribution is -0.500. The number of hydrogen-bond acceptors (Lipinski definition) is 4. The van der Waals surface area contributed by atoms with Crippen LogP contribution in [0.25, 0.3) is 0 Å². The average molecular weight is 424 g/mol. The largest absolute Gasteiger partial charge is 0.285 e. The molecule has 0 amide bonds. The average Bonchev–Trinajstić information content (AvgIpc) is 2.71. The summed E-state index contributed by atoms with van der Waals surface area (Å²) >= 11 is 2.96. The minimum atomic E-state index is -0.904. The minimum absolute atomic E-state index is 0.129. The summed E-state index contributed by atoms with van der Waals surface area (Å²) in [7, 11) is 0. The molecule has 0 N–H and O–H groups in total. The molecular formula is C24H25NO2S2. The van der Waals surface area contributed by atoms with Crippen LogP contribution in [0.5, 0.6) is 0 Å². The molecule has 0 heterocycles. The summed E-state index contributed by atoms with van der Waals surface area (Å²) < 4.78 is -1.05. The van der Waals surface area contributed by atoms with Crippen LogP contribution in [0.2, 0.25) is 0 Å². The first-order valence-electron chi connectivity index (χ1n) is 9.49. The van der Waals surface area contributed by atoms with Gasteiger partial charge in [-0.15, -0.1) is 11.8 Å². The first-order chi connectivity index (χ1) is 13.8. The number of hydrogen-bond donors (Lipinski definition) is 0. The minimum Gasteiger partial charge on any atom is -0.263 e. The summed E-state index contributed by atoms with van der Waals surface area (Å²) in [5.74, 6) is 0. The van der Waals surface area contributed by atoms with E-state index in [2.05, 4.69) is 20.8 Å². The second-order valence-electron chi connectivity index (χ2n) is 7.75. The van der Waals surface area contributed by atoms with Crippen LogP contribution in [0.3, 0.4) is 0 Å². The van der Waals surface area contributed by atoms with Crippen molar-refractivity contribution in [2.24, 2.45) is 0 Å². The Bertz CT molecular complexity index is 886. The zero-order chi connectivity index (χ0) is 20.9. The molecule has 0 aliphatic heterocycles. The number of nitro groups is 1. The molecule has 29 heavy (non-hydrogen) atoms. The molecule has 5 heteroatoms. The van der Waals surface area contributed by atoms with Gasteiger partial charge in [-0.05, 0) is 35.0 Å². The summed E-state index contributed by atoms with van der Waals surface area (Å²) in [5, 5.41) is 11.7. The fourth-order valence-electron chi connectivity index (χ4n) is 3.38. The van der Waals surface area contributed by atoms with Crippen molar-refractivity contribution in [3.63, 3.8) is 0 Å². The molecule has 3 rings (SSSR count). The SMILES string of the molecule is CC(C)(C)SC(c1ccccc1)(c1ccccc1)C(Sc1ccccc1)[N+](=O)[O-]. The highest BCUT2D eigenvalue weighted by Gasteiger charge is 2.53. The fraction of sp³-hybridized carbons (Fsp3) is 0.250. The van der Waals surface area contributed by atoms with Crippen molar-refractivity contribution in [2.75, 3.05) is 0 Å². The molecule has 0 radical (unpaired) electrons. The summed E-state index contributed by atoms with van der Waals surface area (Å²) in [6, 6.07) is 29.4. The first-order valence-corrected chi connectivity index (χ1v) is 11.2. The molecule has 0 saturated heterocycles. The third kappa shape index (κ3) is 5.03. The molecule has 0 bridgehead atoms. The number of nitrogens with zero attached hydrogens (tertiary/aromatic N) is 1. The maximum Gasteiger partial charge on any atom is 0.285 e. The van der Waals surface area contributed by atoms with Crippen LogP contribution in [0.4, 0.5) is 0 Å². The van der Waals surface area contributed by atoms with E-state index in [1.165, 1.54) is 11.8 Å². The summed E-state index contributed by atoms with van der Waals surface area (Å²) in [4.78, 5) is 13.3. The Hall–Kier alpha value is -2.24. The second-order valence-corrected chi connectivity index (χ2v) is 11.0. The van der Waals surface area contributed by atoms with Crippen molar-refractivity contribution in [1.29, 1.82) is 0 Å². The lowest BCUT2D eigenvalue weighted by atomic mass is 9.90. The van der Waals surface area contributed by atoms with Gasteiger partial charge in [0.05, 0.1) is 0 Å². The van der Waals surface area contributed by atoms with Gasteiger partial charge in [-0.3, -0.25) is 10.1 Å². The lowest BCUT2D eigenvalue weighted by Gasteiger charge is -2.40. The van der Waals surface area contributed by atoms with Crippen molar-refractivity contribution in [1.82, 2.24) is 0 Å². The van der Waals surface area contributed by atoms with Crippen molar-refractivity contribution >= 4 is 23.5 Å². The molecule has 0 aromatic heterocycles. The molecular weight excluding hydrogens is 398 g/mol. The van der Waals surface area contributed by atoms with Gasteiger partial charge in [-0.25, -0.2) is 0 Å². The molecule has 3 nitrogen and oxygen atoms in total. The normalized spacial score (nSPS) is 13.1. The Morgan fingerprint density at radius 1 is 0.759 bits per heavy atom. The predicted octanol–water partition coefficient (Wildman–Crippen LogP) is 6.86. The molecule has 0 fully saturated rings. The molecule has 0 aliphatic rings. The van der Waals surface area contributed by atoms with E-state index >= 15 is 0 Å². The van der Waals surface area contributed by atoms with Crippen LogP contribution in [0.1, 0.15) is 31.9 Å². The standard InChI is InChI=1S/C24H25NO2S2/c1-23(2,3)29-24(19-13-7-4-8-14-19,20-15-9-5-10-16-20)22(25(26)27)28-21-17-11-6-12-18-21/h4-18,22H,1-3H3. The van der Waals surface area contributed by atoms with Crippen LogP contribution in [0.15, 0.2) is 95.9 Å². The van der Waals surface area contributed by atoms with Gasteiger partial charge in [-0.2, -0.15) is 0 Å². The zero-order valence-corrected chi connectivity index (χ0v) is 18.5. The Morgan fingerprint density at radius 2 is 1.17 bits per heavy atom. The molecule has 0 spiro atoms. The highest BCUT2D eigenvalue weighted by molar-refractivity contribution is 8.04. The van der Waals surface area contributed by atoms with E-state index in [0.29, 0.717) is 0 Å². The van der Waals surface area contributed by atoms with Crippen molar-refractivity contribution in [3.05, 3.63) is 112 Å². The second kappa shape index (κ2) is 9.06. The van der Waals surface area contributed by atoms with Crippen LogP contribution >= 0.6 is 23.5 Å². The Balaban J connectivity index is 2.27.